The van der Waals surface area contributed by atoms with E-state index in [1.807, 2.05) is 19.9 Å². The molecular formula is C12H13FO. The van der Waals surface area contributed by atoms with Gasteiger partial charge in [-0.3, -0.25) is 0 Å². The molecular weight excluding hydrogens is 179 g/mol. The van der Waals surface area contributed by atoms with Crippen LogP contribution in [0.3, 0.4) is 0 Å². The zero-order valence-corrected chi connectivity index (χ0v) is 8.38. The van der Waals surface area contributed by atoms with Gasteiger partial charge in [-0.1, -0.05) is 12.2 Å². The maximum atomic E-state index is 12.9. The van der Waals surface area contributed by atoms with E-state index >= 15 is 0 Å². The summed E-state index contributed by atoms with van der Waals surface area (Å²) in [6.45, 7) is 3.72. The Morgan fingerprint density at radius 1 is 1.29 bits per heavy atom. The number of carbonyl (C=O) groups excluding carboxylic acids is 1. The smallest absolute Gasteiger partial charge is 0.123 e. The Kier molecular flexibility index (Phi) is 3.57. The van der Waals surface area contributed by atoms with Crippen LogP contribution in [0.4, 0.5) is 4.39 Å². The zero-order chi connectivity index (χ0) is 10.6. The van der Waals surface area contributed by atoms with E-state index in [9.17, 15) is 9.18 Å². The predicted octanol–water partition coefficient (Wildman–Crippen LogP) is 3.04. The number of allylic oxidation sites excluding steroid dienone is 1. The number of benzene rings is 1. The average molecular weight is 192 g/mol. The van der Waals surface area contributed by atoms with Crippen LogP contribution in [0.5, 0.6) is 0 Å². The highest BCUT2D eigenvalue weighted by Gasteiger charge is 2.01. The topological polar surface area (TPSA) is 17.1 Å². The number of hydrogen-bond acceptors (Lipinski definition) is 1. The third-order valence-corrected chi connectivity index (χ3v) is 2.08. The SMILES string of the molecule is Cc1cc(F)cc(C)c1C=CCC=O. The number of aldehydes is 1. The lowest BCUT2D eigenvalue weighted by Gasteiger charge is -2.04. The van der Waals surface area contributed by atoms with Crippen molar-refractivity contribution < 1.29 is 9.18 Å². The lowest BCUT2D eigenvalue weighted by Crippen LogP contribution is -1.88. The van der Waals surface area contributed by atoms with E-state index in [1.165, 1.54) is 12.1 Å². The van der Waals surface area contributed by atoms with Crippen LogP contribution in [-0.2, 0) is 4.79 Å². The Hall–Kier alpha value is -1.44. The third-order valence-electron chi connectivity index (χ3n) is 2.08. The number of carbonyl (C=O) groups is 1. The summed E-state index contributed by atoms with van der Waals surface area (Å²) in [5.74, 6) is -0.215. The molecule has 0 aliphatic heterocycles. The van der Waals surface area contributed by atoms with Crippen molar-refractivity contribution in [3.05, 3.63) is 40.7 Å². The predicted molar refractivity (Wildman–Crippen MR) is 55.6 cm³/mol. The number of halogens is 1. The molecule has 74 valence electrons. The van der Waals surface area contributed by atoms with Gasteiger partial charge in [0, 0.05) is 6.42 Å². The Morgan fingerprint density at radius 3 is 2.36 bits per heavy atom. The lowest BCUT2D eigenvalue weighted by atomic mass is 10.0. The molecule has 0 saturated carbocycles. The summed E-state index contributed by atoms with van der Waals surface area (Å²) < 4.78 is 12.9. The summed E-state index contributed by atoms with van der Waals surface area (Å²) in [4.78, 5) is 10.1. The minimum atomic E-state index is -0.215. The van der Waals surface area contributed by atoms with Gasteiger partial charge in [0.05, 0.1) is 0 Å². The van der Waals surface area contributed by atoms with Crippen molar-refractivity contribution >= 4 is 12.4 Å². The summed E-state index contributed by atoms with van der Waals surface area (Å²) in [7, 11) is 0. The molecule has 1 aromatic carbocycles. The van der Waals surface area contributed by atoms with Crippen LogP contribution in [0.2, 0.25) is 0 Å². The highest BCUT2D eigenvalue weighted by Crippen LogP contribution is 2.17. The highest BCUT2D eigenvalue weighted by molar-refractivity contribution is 5.61. The van der Waals surface area contributed by atoms with Gasteiger partial charge in [-0.25, -0.2) is 4.39 Å². The van der Waals surface area contributed by atoms with E-state index in [0.29, 0.717) is 6.42 Å². The van der Waals surface area contributed by atoms with Crippen LogP contribution in [0.15, 0.2) is 18.2 Å². The molecule has 0 bridgehead atoms. The summed E-state index contributed by atoms with van der Waals surface area (Å²) in [5.41, 5.74) is 2.78. The Labute approximate surface area is 83.3 Å². The van der Waals surface area contributed by atoms with E-state index in [2.05, 4.69) is 0 Å². The van der Waals surface area contributed by atoms with Crippen molar-refractivity contribution in [3.63, 3.8) is 0 Å². The molecule has 2 heteroatoms. The standard InChI is InChI=1S/C12H13FO/c1-9-7-11(13)8-10(2)12(9)5-3-4-6-14/h3,5-8H,4H2,1-2H3. The first-order valence-electron chi connectivity index (χ1n) is 4.52. The van der Waals surface area contributed by atoms with Crippen molar-refractivity contribution in [1.29, 1.82) is 0 Å². The average Bonchev–Trinajstić information content (AvgIpc) is 2.09. The second-order valence-corrected chi connectivity index (χ2v) is 3.26. The molecule has 1 aromatic rings. The summed E-state index contributed by atoms with van der Waals surface area (Å²) in [5, 5.41) is 0. The number of hydrogen-bond donors (Lipinski definition) is 0. The van der Waals surface area contributed by atoms with Crippen molar-refractivity contribution in [2.24, 2.45) is 0 Å². The fraction of sp³-hybridized carbons (Fsp3) is 0.250. The monoisotopic (exact) mass is 192 g/mol. The van der Waals surface area contributed by atoms with Crippen molar-refractivity contribution in [2.45, 2.75) is 20.3 Å². The quantitative estimate of drug-likeness (QED) is 0.673. The Morgan fingerprint density at radius 2 is 1.86 bits per heavy atom. The molecule has 0 atom stereocenters. The highest BCUT2D eigenvalue weighted by atomic mass is 19.1. The van der Waals surface area contributed by atoms with Gasteiger partial charge in [0.15, 0.2) is 0 Å². The van der Waals surface area contributed by atoms with Crippen molar-refractivity contribution in [2.75, 3.05) is 0 Å². The Balaban J connectivity index is 3.02. The van der Waals surface area contributed by atoms with Crippen molar-refractivity contribution in [1.82, 2.24) is 0 Å². The van der Waals surface area contributed by atoms with Gasteiger partial charge in [0.25, 0.3) is 0 Å². The fourth-order valence-electron chi connectivity index (χ4n) is 1.43. The maximum absolute atomic E-state index is 12.9. The normalized spacial score (nSPS) is 10.8. The molecule has 1 nitrogen and oxygen atoms in total. The number of aryl methyl sites for hydroxylation is 2. The summed E-state index contributed by atoms with van der Waals surface area (Å²) in [6.07, 6.45) is 4.87. The van der Waals surface area contributed by atoms with Gasteiger partial charge >= 0.3 is 0 Å². The molecule has 0 N–H and O–H groups in total. The molecule has 0 heterocycles. The fourth-order valence-corrected chi connectivity index (χ4v) is 1.43. The van der Waals surface area contributed by atoms with Crippen molar-refractivity contribution in [3.8, 4) is 0 Å². The van der Waals surface area contributed by atoms with Crippen LogP contribution in [0, 0.1) is 19.7 Å². The Bertz CT molecular complexity index is 344. The molecule has 0 saturated heterocycles. The molecule has 0 spiro atoms. The molecule has 1 rings (SSSR count). The van der Waals surface area contributed by atoms with Gasteiger partial charge in [-0.2, -0.15) is 0 Å². The molecule has 0 amide bonds. The second kappa shape index (κ2) is 4.70. The number of rotatable bonds is 3. The van der Waals surface area contributed by atoms with E-state index in [0.717, 1.165) is 23.0 Å². The van der Waals surface area contributed by atoms with Crippen LogP contribution >= 0.6 is 0 Å². The van der Waals surface area contributed by atoms with Gasteiger partial charge in [0.2, 0.25) is 0 Å². The minimum absolute atomic E-state index is 0.215. The minimum Gasteiger partial charge on any atom is -0.303 e. The molecule has 0 aliphatic carbocycles. The first kappa shape index (κ1) is 10.6. The third kappa shape index (κ3) is 2.52. The van der Waals surface area contributed by atoms with E-state index in [1.54, 1.807) is 6.08 Å². The second-order valence-electron chi connectivity index (χ2n) is 3.26. The van der Waals surface area contributed by atoms with Gasteiger partial charge in [-0.05, 0) is 42.7 Å². The first-order valence-corrected chi connectivity index (χ1v) is 4.52. The molecule has 0 aliphatic rings. The molecule has 0 radical (unpaired) electrons. The van der Waals surface area contributed by atoms with E-state index < -0.39 is 0 Å². The summed E-state index contributed by atoms with van der Waals surface area (Å²) in [6, 6.07) is 2.99. The van der Waals surface area contributed by atoms with Crippen LogP contribution in [-0.4, -0.2) is 6.29 Å². The van der Waals surface area contributed by atoms with Crippen LogP contribution in [0.1, 0.15) is 23.1 Å². The lowest BCUT2D eigenvalue weighted by molar-refractivity contribution is -0.107. The summed E-state index contributed by atoms with van der Waals surface area (Å²) >= 11 is 0. The molecule has 14 heavy (non-hydrogen) atoms. The van der Waals surface area contributed by atoms with E-state index in [-0.39, 0.29) is 5.82 Å². The van der Waals surface area contributed by atoms with Gasteiger partial charge in [-0.15, -0.1) is 0 Å². The molecule has 0 unspecified atom stereocenters. The van der Waals surface area contributed by atoms with E-state index in [4.69, 9.17) is 0 Å². The van der Waals surface area contributed by atoms with Crippen LogP contribution < -0.4 is 0 Å². The largest absolute Gasteiger partial charge is 0.303 e. The van der Waals surface area contributed by atoms with Crippen LogP contribution in [0.25, 0.3) is 6.08 Å². The van der Waals surface area contributed by atoms with Gasteiger partial charge in [0.1, 0.15) is 12.1 Å². The molecule has 0 aromatic heterocycles. The zero-order valence-electron chi connectivity index (χ0n) is 8.38. The molecule has 0 fully saturated rings. The maximum Gasteiger partial charge on any atom is 0.123 e. The van der Waals surface area contributed by atoms with Gasteiger partial charge < -0.3 is 4.79 Å². The first-order chi connectivity index (χ1) is 6.65.